The largest absolute Gasteiger partial charge is 0.497 e. The normalized spacial score (nSPS) is 24.7. The Morgan fingerprint density at radius 1 is 1.39 bits per heavy atom. The second-order valence-electron chi connectivity index (χ2n) is 6.26. The fraction of sp³-hybridized carbons (Fsp3) is 0.500. The van der Waals surface area contributed by atoms with E-state index in [1.165, 1.54) is 0 Å². The molecule has 1 amide bonds. The molecule has 1 aromatic carbocycles. The molecule has 2 atom stereocenters. The van der Waals surface area contributed by atoms with Gasteiger partial charge in [-0.2, -0.15) is 0 Å². The van der Waals surface area contributed by atoms with Crippen molar-refractivity contribution in [2.45, 2.75) is 38.1 Å². The van der Waals surface area contributed by atoms with E-state index >= 15 is 0 Å². The van der Waals surface area contributed by atoms with E-state index in [2.05, 4.69) is 0 Å². The average molecular weight is 338 g/mol. The lowest BCUT2D eigenvalue weighted by atomic mass is 9.97. The second-order valence-corrected chi connectivity index (χ2v) is 6.67. The summed E-state index contributed by atoms with van der Waals surface area (Å²) in [6.45, 7) is 0.761. The second kappa shape index (κ2) is 6.91. The van der Waals surface area contributed by atoms with E-state index in [1.54, 1.807) is 19.3 Å². The van der Waals surface area contributed by atoms with Crippen LogP contribution in [-0.4, -0.2) is 30.5 Å². The van der Waals surface area contributed by atoms with Crippen LogP contribution in [0, 0.1) is 5.92 Å². The molecule has 23 heavy (non-hydrogen) atoms. The zero-order chi connectivity index (χ0) is 16.4. The van der Waals surface area contributed by atoms with Crippen LogP contribution < -0.4 is 4.74 Å². The molecule has 0 aromatic heterocycles. The SMILES string of the molecule is COc1ccc(CC2CCN(C3CC=C(F)CC3)C2=O)c(Cl)c1. The third kappa shape index (κ3) is 3.52. The number of halogens is 2. The highest BCUT2D eigenvalue weighted by Gasteiger charge is 2.36. The topological polar surface area (TPSA) is 29.5 Å². The van der Waals surface area contributed by atoms with Gasteiger partial charge in [0.1, 0.15) is 5.75 Å². The zero-order valence-electron chi connectivity index (χ0n) is 13.2. The number of rotatable bonds is 4. The van der Waals surface area contributed by atoms with E-state index in [0.717, 1.165) is 24.9 Å². The lowest BCUT2D eigenvalue weighted by Crippen LogP contribution is -2.38. The van der Waals surface area contributed by atoms with Gasteiger partial charge in [-0.05, 0) is 43.4 Å². The maximum atomic E-state index is 13.1. The fourth-order valence-electron chi connectivity index (χ4n) is 3.47. The van der Waals surface area contributed by atoms with Crippen molar-refractivity contribution in [2.75, 3.05) is 13.7 Å². The predicted octanol–water partition coefficient (Wildman–Crippen LogP) is 4.15. The number of carbonyl (C=O) groups excluding carboxylic acids is 1. The number of benzene rings is 1. The van der Waals surface area contributed by atoms with Crippen LogP contribution in [0.1, 0.15) is 31.2 Å². The van der Waals surface area contributed by atoms with Gasteiger partial charge in [-0.15, -0.1) is 0 Å². The quantitative estimate of drug-likeness (QED) is 0.826. The maximum Gasteiger partial charge on any atom is 0.226 e. The molecule has 0 saturated carbocycles. The maximum absolute atomic E-state index is 13.1. The first kappa shape index (κ1) is 16.3. The summed E-state index contributed by atoms with van der Waals surface area (Å²) in [5.41, 5.74) is 0.974. The third-order valence-corrected chi connectivity index (χ3v) is 5.20. The molecule has 1 aromatic rings. The number of hydrogen-bond donors (Lipinski definition) is 0. The summed E-state index contributed by atoms with van der Waals surface area (Å²) in [6, 6.07) is 5.73. The molecular formula is C18H21ClFNO2. The minimum Gasteiger partial charge on any atom is -0.497 e. The molecule has 0 radical (unpaired) electrons. The number of amides is 1. The van der Waals surface area contributed by atoms with Crippen LogP contribution in [0.25, 0.3) is 0 Å². The minimum atomic E-state index is -0.0468. The van der Waals surface area contributed by atoms with E-state index in [-0.39, 0.29) is 23.7 Å². The monoisotopic (exact) mass is 337 g/mol. The van der Waals surface area contributed by atoms with Crippen molar-refractivity contribution < 1.29 is 13.9 Å². The first-order valence-corrected chi connectivity index (χ1v) is 8.43. The Labute approximate surface area is 141 Å². The molecule has 2 unspecified atom stereocenters. The lowest BCUT2D eigenvalue weighted by Gasteiger charge is -2.29. The van der Waals surface area contributed by atoms with Crippen LogP contribution in [0.5, 0.6) is 5.75 Å². The van der Waals surface area contributed by atoms with Crippen LogP contribution in [0.15, 0.2) is 30.1 Å². The molecular weight excluding hydrogens is 317 g/mol. The summed E-state index contributed by atoms with van der Waals surface area (Å²) in [5.74, 6) is 0.817. The van der Waals surface area contributed by atoms with Gasteiger partial charge in [0.25, 0.3) is 0 Å². The molecule has 1 fully saturated rings. The highest BCUT2D eigenvalue weighted by atomic mass is 35.5. The fourth-order valence-corrected chi connectivity index (χ4v) is 3.72. The summed E-state index contributed by atoms with van der Waals surface area (Å²) in [4.78, 5) is 14.6. The first-order valence-electron chi connectivity index (χ1n) is 8.06. The molecule has 3 rings (SSSR count). The van der Waals surface area contributed by atoms with Crippen LogP contribution in [0.3, 0.4) is 0 Å². The Balaban J connectivity index is 1.65. The van der Waals surface area contributed by atoms with Gasteiger partial charge in [0.05, 0.1) is 12.9 Å². The van der Waals surface area contributed by atoms with Crippen LogP contribution in [0.2, 0.25) is 5.02 Å². The highest BCUT2D eigenvalue weighted by Crippen LogP contribution is 2.32. The summed E-state index contributed by atoms with van der Waals surface area (Å²) < 4.78 is 18.3. The number of ether oxygens (including phenoxy) is 1. The van der Waals surface area contributed by atoms with E-state index in [0.29, 0.717) is 30.0 Å². The zero-order valence-corrected chi connectivity index (χ0v) is 14.0. The van der Waals surface area contributed by atoms with Crippen LogP contribution in [-0.2, 0) is 11.2 Å². The Hall–Kier alpha value is -1.55. The Bertz CT molecular complexity index is 631. The highest BCUT2D eigenvalue weighted by molar-refractivity contribution is 6.31. The summed E-state index contributed by atoms with van der Waals surface area (Å²) in [7, 11) is 1.60. The number of nitrogens with zero attached hydrogens (tertiary/aromatic N) is 1. The molecule has 2 aliphatic rings. The molecule has 1 aliphatic heterocycles. The number of methoxy groups -OCH3 is 1. The van der Waals surface area contributed by atoms with Gasteiger partial charge in [0.2, 0.25) is 5.91 Å². The standard InChI is InChI=1S/C18H21ClFNO2/c1-23-16-7-2-12(17(19)11-16)10-13-8-9-21(18(13)22)15-5-3-14(20)4-6-15/h2-3,7,11,13,15H,4-6,8-10H2,1H3. The van der Waals surface area contributed by atoms with Crippen LogP contribution in [0.4, 0.5) is 4.39 Å². The van der Waals surface area contributed by atoms with Crippen molar-refractivity contribution in [2.24, 2.45) is 5.92 Å². The Morgan fingerprint density at radius 2 is 2.22 bits per heavy atom. The molecule has 0 spiro atoms. The van der Waals surface area contributed by atoms with Crippen molar-refractivity contribution in [3.05, 3.63) is 40.7 Å². The molecule has 124 valence electrons. The van der Waals surface area contributed by atoms with Crippen LogP contribution >= 0.6 is 11.6 Å². The molecule has 5 heteroatoms. The number of carbonyl (C=O) groups is 1. The van der Waals surface area contributed by atoms with Crippen molar-refractivity contribution in [1.82, 2.24) is 4.90 Å². The molecule has 1 aliphatic carbocycles. The summed E-state index contributed by atoms with van der Waals surface area (Å²) in [5, 5.41) is 0.637. The Morgan fingerprint density at radius 3 is 2.87 bits per heavy atom. The first-order chi connectivity index (χ1) is 11.1. The van der Waals surface area contributed by atoms with E-state index in [1.807, 2.05) is 17.0 Å². The number of hydrogen-bond acceptors (Lipinski definition) is 2. The molecule has 0 bridgehead atoms. The van der Waals surface area contributed by atoms with Gasteiger partial charge in [0.15, 0.2) is 0 Å². The van der Waals surface area contributed by atoms with E-state index in [4.69, 9.17) is 16.3 Å². The third-order valence-electron chi connectivity index (χ3n) is 4.85. The number of likely N-dealkylation sites (tertiary alicyclic amines) is 1. The summed E-state index contributed by atoms with van der Waals surface area (Å²) >= 11 is 6.28. The van der Waals surface area contributed by atoms with E-state index in [9.17, 15) is 9.18 Å². The minimum absolute atomic E-state index is 0.0309. The van der Waals surface area contributed by atoms with E-state index < -0.39 is 0 Å². The van der Waals surface area contributed by atoms with Gasteiger partial charge in [0, 0.05) is 29.9 Å². The molecule has 1 saturated heterocycles. The summed E-state index contributed by atoms with van der Waals surface area (Å²) in [6.07, 6.45) is 4.91. The predicted molar refractivity (Wildman–Crippen MR) is 88.4 cm³/mol. The Kier molecular flexibility index (Phi) is 4.90. The van der Waals surface area contributed by atoms with Gasteiger partial charge >= 0.3 is 0 Å². The average Bonchev–Trinajstić information content (AvgIpc) is 2.91. The smallest absolute Gasteiger partial charge is 0.226 e. The number of allylic oxidation sites excluding steroid dienone is 1. The molecule has 1 heterocycles. The van der Waals surface area contributed by atoms with Gasteiger partial charge in [-0.25, -0.2) is 4.39 Å². The van der Waals surface area contributed by atoms with Gasteiger partial charge in [-0.1, -0.05) is 23.7 Å². The van der Waals surface area contributed by atoms with Crippen molar-refractivity contribution in [1.29, 1.82) is 0 Å². The lowest BCUT2D eigenvalue weighted by molar-refractivity contribution is -0.133. The molecule has 3 nitrogen and oxygen atoms in total. The van der Waals surface area contributed by atoms with Crippen molar-refractivity contribution >= 4 is 17.5 Å². The van der Waals surface area contributed by atoms with Gasteiger partial charge in [-0.3, -0.25) is 4.79 Å². The van der Waals surface area contributed by atoms with Crippen molar-refractivity contribution in [3.63, 3.8) is 0 Å². The van der Waals surface area contributed by atoms with Crippen molar-refractivity contribution in [3.8, 4) is 5.75 Å². The molecule has 0 N–H and O–H groups in total. The van der Waals surface area contributed by atoms with Gasteiger partial charge < -0.3 is 9.64 Å².